The molecule has 2 aliphatic rings. The number of aromatic nitrogens is 1. The molecule has 2 aliphatic carbocycles. The highest BCUT2D eigenvalue weighted by Crippen LogP contribution is 2.50. The number of halogens is 2. The first-order valence-electron chi connectivity index (χ1n) is 11.6. The quantitative estimate of drug-likeness (QED) is 0.507. The van der Waals surface area contributed by atoms with Gasteiger partial charge in [0.05, 0.1) is 19.9 Å². The van der Waals surface area contributed by atoms with Crippen molar-refractivity contribution in [3.63, 3.8) is 0 Å². The minimum absolute atomic E-state index is 0.0498. The molecule has 2 atom stereocenters. The Labute approximate surface area is 193 Å². The number of benzene rings is 1. The summed E-state index contributed by atoms with van der Waals surface area (Å²) in [7, 11) is 1.52. The highest BCUT2D eigenvalue weighted by Gasteiger charge is 2.50. The number of hydrogen-bond donors (Lipinski definition) is 1. The molecule has 2 saturated carbocycles. The molecule has 2 aromatic rings. The number of rotatable bonds is 9. The van der Waals surface area contributed by atoms with Gasteiger partial charge in [0.15, 0.2) is 0 Å². The molecule has 1 heterocycles. The van der Waals surface area contributed by atoms with E-state index in [9.17, 15) is 14.3 Å². The van der Waals surface area contributed by atoms with Gasteiger partial charge in [0.1, 0.15) is 11.6 Å². The summed E-state index contributed by atoms with van der Waals surface area (Å²) in [5.41, 5.74) is -0.982. The van der Waals surface area contributed by atoms with Crippen LogP contribution in [-0.4, -0.2) is 35.4 Å². The first-order chi connectivity index (χ1) is 15.8. The molecule has 0 radical (unpaired) electrons. The summed E-state index contributed by atoms with van der Waals surface area (Å²) in [4.78, 5) is 15.4. The average molecular weight is 460 g/mol. The van der Waals surface area contributed by atoms with Gasteiger partial charge >= 0.3 is 5.97 Å². The van der Waals surface area contributed by atoms with E-state index in [0.29, 0.717) is 35.3 Å². The summed E-state index contributed by atoms with van der Waals surface area (Å²) >= 11 is 0. The van der Waals surface area contributed by atoms with Crippen molar-refractivity contribution in [2.24, 2.45) is 11.8 Å². The molecule has 1 N–H and O–H groups in total. The van der Waals surface area contributed by atoms with Gasteiger partial charge in [-0.3, -0.25) is 0 Å². The molecule has 4 rings (SSSR count). The lowest BCUT2D eigenvalue weighted by Crippen LogP contribution is -2.38. The van der Waals surface area contributed by atoms with Crippen LogP contribution in [0.2, 0.25) is 0 Å². The molecule has 7 heteroatoms. The molecule has 33 heavy (non-hydrogen) atoms. The van der Waals surface area contributed by atoms with E-state index < -0.39 is 17.6 Å². The van der Waals surface area contributed by atoms with Crippen LogP contribution in [-0.2, 0) is 4.79 Å². The molecule has 1 aromatic carbocycles. The lowest BCUT2D eigenvalue weighted by atomic mass is 9.79. The minimum Gasteiger partial charge on any atom is -0.493 e. The zero-order valence-corrected chi connectivity index (χ0v) is 19.1. The van der Waals surface area contributed by atoms with E-state index in [-0.39, 0.29) is 17.7 Å². The Bertz CT molecular complexity index is 984. The maximum atomic E-state index is 15.0. The maximum Gasteiger partial charge on any atom is 0.341 e. The van der Waals surface area contributed by atoms with Crippen LogP contribution in [0.15, 0.2) is 36.5 Å². The third-order valence-electron chi connectivity index (χ3n) is 7.15. The highest BCUT2D eigenvalue weighted by molar-refractivity contribution is 5.78. The first kappa shape index (κ1) is 23.5. The largest absolute Gasteiger partial charge is 0.493 e. The number of carboxylic acid groups (broad SMARTS) is 1. The number of hydrogen-bond acceptors (Lipinski definition) is 4. The van der Waals surface area contributed by atoms with E-state index in [0.717, 1.165) is 45.4 Å². The Morgan fingerprint density at radius 2 is 1.94 bits per heavy atom. The fourth-order valence-corrected chi connectivity index (χ4v) is 5.10. The second-order valence-corrected chi connectivity index (χ2v) is 9.55. The second-order valence-electron chi connectivity index (χ2n) is 9.55. The van der Waals surface area contributed by atoms with E-state index in [2.05, 4.69) is 4.98 Å². The number of methoxy groups -OCH3 is 1. The van der Waals surface area contributed by atoms with Crippen molar-refractivity contribution in [2.45, 2.75) is 63.0 Å². The van der Waals surface area contributed by atoms with Gasteiger partial charge in [-0.2, -0.15) is 0 Å². The fraction of sp³-hybridized carbons (Fsp3) is 0.538. The van der Waals surface area contributed by atoms with Gasteiger partial charge in [0.25, 0.3) is 0 Å². The van der Waals surface area contributed by atoms with Crippen LogP contribution < -0.4 is 9.47 Å². The van der Waals surface area contributed by atoms with Crippen molar-refractivity contribution >= 4 is 5.97 Å². The van der Waals surface area contributed by atoms with Crippen LogP contribution in [0.1, 0.15) is 68.4 Å². The zero-order chi connectivity index (χ0) is 23.6. The summed E-state index contributed by atoms with van der Waals surface area (Å²) < 4.78 is 40.5. The van der Waals surface area contributed by atoms with Crippen LogP contribution in [0.4, 0.5) is 8.78 Å². The van der Waals surface area contributed by atoms with Gasteiger partial charge < -0.3 is 14.6 Å². The average Bonchev–Trinajstić information content (AvgIpc) is 3.63. The molecule has 0 bridgehead atoms. The SMILES string of the molecule is COc1cc(C2CCC(COc3cccc([C@H](C4CC4)[C@@](C)(F)C(=O)O)c3)CC2)c(F)cn1. The van der Waals surface area contributed by atoms with Crippen molar-refractivity contribution in [3.05, 3.63) is 53.5 Å². The zero-order valence-electron chi connectivity index (χ0n) is 19.1. The van der Waals surface area contributed by atoms with Gasteiger partial charge in [-0.15, -0.1) is 0 Å². The van der Waals surface area contributed by atoms with Gasteiger partial charge in [0.2, 0.25) is 11.5 Å². The van der Waals surface area contributed by atoms with Gasteiger partial charge in [-0.25, -0.2) is 18.6 Å². The van der Waals surface area contributed by atoms with Gasteiger partial charge in [-0.05, 0) is 86.5 Å². The molecule has 178 valence electrons. The Balaban J connectivity index is 1.36. The molecule has 2 fully saturated rings. The van der Waals surface area contributed by atoms with Gasteiger partial charge in [-0.1, -0.05) is 12.1 Å². The van der Waals surface area contributed by atoms with Crippen LogP contribution in [0.25, 0.3) is 0 Å². The normalized spacial score (nSPS) is 23.4. The standard InChI is InChI=1S/C26H31F2NO4/c1-26(28,25(30)31)24(18-10-11-18)19-4-3-5-20(12-19)33-15-16-6-8-17(9-7-16)21-13-23(32-2)29-14-22(21)27/h3-5,12-14,16-18,24H,6-11,15H2,1-2H3,(H,30,31)/t16?,17?,24-,26+/m0/s1. The third-order valence-corrected chi connectivity index (χ3v) is 7.15. The van der Waals surface area contributed by atoms with Crippen molar-refractivity contribution in [1.29, 1.82) is 0 Å². The highest BCUT2D eigenvalue weighted by atomic mass is 19.1. The van der Waals surface area contributed by atoms with Crippen LogP contribution >= 0.6 is 0 Å². The van der Waals surface area contributed by atoms with Crippen LogP contribution in [0, 0.1) is 17.7 Å². The third kappa shape index (κ3) is 5.28. The summed E-state index contributed by atoms with van der Waals surface area (Å²) in [6, 6.07) is 8.89. The van der Waals surface area contributed by atoms with E-state index in [1.807, 2.05) is 6.07 Å². The number of carbonyl (C=O) groups is 1. The predicted molar refractivity (Wildman–Crippen MR) is 120 cm³/mol. The lowest BCUT2D eigenvalue weighted by molar-refractivity contribution is -0.151. The number of aliphatic carboxylic acids is 1. The summed E-state index contributed by atoms with van der Waals surface area (Å²) in [6.45, 7) is 1.68. The monoisotopic (exact) mass is 459 g/mol. The van der Waals surface area contributed by atoms with Crippen molar-refractivity contribution in [2.75, 3.05) is 13.7 Å². The van der Waals surface area contributed by atoms with E-state index in [1.54, 1.807) is 24.3 Å². The second kappa shape index (κ2) is 9.65. The summed E-state index contributed by atoms with van der Waals surface area (Å²) in [5.74, 6) is -0.806. The Hall–Kier alpha value is -2.70. The fourth-order valence-electron chi connectivity index (χ4n) is 5.10. The van der Waals surface area contributed by atoms with Crippen molar-refractivity contribution < 1.29 is 28.2 Å². The van der Waals surface area contributed by atoms with E-state index >= 15 is 4.39 Å². The van der Waals surface area contributed by atoms with Gasteiger partial charge in [0, 0.05) is 12.0 Å². The van der Waals surface area contributed by atoms with Crippen LogP contribution in [0.5, 0.6) is 11.6 Å². The molecule has 5 nitrogen and oxygen atoms in total. The summed E-state index contributed by atoms with van der Waals surface area (Å²) in [5, 5.41) is 9.40. The number of alkyl halides is 1. The Morgan fingerprint density at radius 3 is 2.58 bits per heavy atom. The Kier molecular flexibility index (Phi) is 6.86. The maximum absolute atomic E-state index is 15.0. The lowest BCUT2D eigenvalue weighted by Gasteiger charge is -2.29. The van der Waals surface area contributed by atoms with E-state index in [1.165, 1.54) is 13.3 Å². The molecule has 0 spiro atoms. The minimum atomic E-state index is -2.32. The molecular formula is C26H31F2NO4. The molecular weight excluding hydrogens is 428 g/mol. The van der Waals surface area contributed by atoms with Crippen LogP contribution in [0.3, 0.4) is 0 Å². The predicted octanol–water partition coefficient (Wildman–Crippen LogP) is 5.89. The molecule has 0 unspecified atom stereocenters. The number of ether oxygens (including phenoxy) is 2. The van der Waals surface area contributed by atoms with Crippen molar-refractivity contribution in [3.8, 4) is 11.6 Å². The molecule has 0 saturated heterocycles. The smallest absolute Gasteiger partial charge is 0.341 e. The summed E-state index contributed by atoms with van der Waals surface area (Å²) in [6.07, 6.45) is 6.46. The van der Waals surface area contributed by atoms with Crippen molar-refractivity contribution in [1.82, 2.24) is 4.98 Å². The molecule has 0 amide bonds. The number of nitrogens with zero attached hydrogens (tertiary/aromatic N) is 1. The number of carboxylic acids is 1. The topological polar surface area (TPSA) is 68.7 Å². The first-order valence-corrected chi connectivity index (χ1v) is 11.6. The Morgan fingerprint density at radius 1 is 1.21 bits per heavy atom. The molecule has 0 aliphatic heterocycles. The molecule has 1 aromatic heterocycles. The van der Waals surface area contributed by atoms with E-state index in [4.69, 9.17) is 9.47 Å². The number of pyridine rings is 1.